The van der Waals surface area contributed by atoms with Gasteiger partial charge in [0.25, 0.3) is 0 Å². The minimum absolute atomic E-state index is 0.00500. The summed E-state index contributed by atoms with van der Waals surface area (Å²) in [5.41, 5.74) is -1.73. The summed E-state index contributed by atoms with van der Waals surface area (Å²) in [5, 5.41) is 2.48. The van der Waals surface area contributed by atoms with Gasteiger partial charge in [-0.15, -0.1) is 0 Å². The van der Waals surface area contributed by atoms with Gasteiger partial charge in [0.15, 0.2) is 0 Å². The van der Waals surface area contributed by atoms with Crippen LogP contribution in [-0.2, 0) is 11.0 Å². The fourth-order valence-electron chi connectivity index (χ4n) is 1.57. The molecule has 0 aromatic heterocycles. The van der Waals surface area contributed by atoms with Gasteiger partial charge < -0.3 is 5.32 Å². The van der Waals surface area contributed by atoms with E-state index in [1.807, 2.05) is 0 Å². The van der Waals surface area contributed by atoms with Crippen LogP contribution in [0.5, 0.6) is 0 Å². The summed E-state index contributed by atoms with van der Waals surface area (Å²) >= 11 is 0.848. The number of nitrogens with one attached hydrogen (secondary N) is 1. The van der Waals surface area contributed by atoms with Crippen LogP contribution in [0, 0.1) is 0 Å². The lowest BCUT2D eigenvalue weighted by molar-refractivity contribution is -0.137. The van der Waals surface area contributed by atoms with Crippen molar-refractivity contribution in [2.75, 3.05) is 5.32 Å². The van der Waals surface area contributed by atoms with Crippen LogP contribution in [0.1, 0.15) is 19.4 Å². The number of alkyl halides is 3. The Morgan fingerprint density at radius 3 is 2.53 bits per heavy atom. The van der Waals surface area contributed by atoms with Gasteiger partial charge in [-0.1, -0.05) is 6.07 Å². The normalized spacial score (nSPS) is 18.5. The largest absolute Gasteiger partial charge is 0.418 e. The van der Waals surface area contributed by atoms with E-state index < -0.39 is 17.3 Å². The number of rotatable bonds is 0. The lowest BCUT2D eigenvalue weighted by Gasteiger charge is -2.33. The molecule has 0 atom stereocenters. The van der Waals surface area contributed by atoms with Crippen LogP contribution in [0.4, 0.5) is 18.9 Å². The van der Waals surface area contributed by atoms with E-state index in [2.05, 4.69) is 5.32 Å². The molecule has 1 heterocycles. The molecule has 2 nitrogen and oxygen atoms in total. The highest BCUT2D eigenvalue weighted by atomic mass is 32.2. The Labute approximate surface area is 101 Å². The second-order valence-electron chi connectivity index (χ2n) is 4.32. The predicted molar refractivity (Wildman–Crippen MR) is 60.0 cm³/mol. The molecule has 17 heavy (non-hydrogen) atoms. The number of hydrogen-bond donors (Lipinski definition) is 1. The first-order chi connectivity index (χ1) is 7.72. The maximum absolute atomic E-state index is 12.8. The molecule has 0 saturated heterocycles. The SMILES string of the molecule is CC1(C)Nc2c(cccc2C(F)(F)F)SC1=O. The second kappa shape index (κ2) is 3.66. The number of hydrogen-bond acceptors (Lipinski definition) is 3. The van der Waals surface area contributed by atoms with Gasteiger partial charge >= 0.3 is 6.18 Å². The fourth-order valence-corrected chi connectivity index (χ4v) is 2.49. The Kier molecular flexibility index (Phi) is 2.65. The monoisotopic (exact) mass is 261 g/mol. The molecular formula is C11H10F3NOS. The van der Waals surface area contributed by atoms with Crippen molar-refractivity contribution in [1.29, 1.82) is 0 Å². The molecule has 2 rings (SSSR count). The Bertz CT molecular complexity index is 482. The molecule has 0 spiro atoms. The summed E-state index contributed by atoms with van der Waals surface area (Å²) < 4.78 is 38.4. The molecule has 1 aromatic carbocycles. The molecule has 0 aliphatic carbocycles. The highest BCUT2D eigenvalue weighted by Crippen LogP contribution is 2.45. The van der Waals surface area contributed by atoms with Gasteiger partial charge in [0.1, 0.15) is 5.54 Å². The van der Waals surface area contributed by atoms with Crippen LogP contribution in [0.15, 0.2) is 23.1 Å². The minimum atomic E-state index is -4.42. The van der Waals surface area contributed by atoms with Crippen LogP contribution in [0.2, 0.25) is 0 Å². The molecule has 0 fully saturated rings. The molecule has 0 unspecified atom stereocenters. The zero-order chi connectivity index (χ0) is 12.8. The van der Waals surface area contributed by atoms with Crippen LogP contribution >= 0.6 is 11.8 Å². The van der Waals surface area contributed by atoms with Gasteiger partial charge in [-0.2, -0.15) is 13.2 Å². The first-order valence-electron chi connectivity index (χ1n) is 4.92. The van der Waals surface area contributed by atoms with Crippen LogP contribution in [-0.4, -0.2) is 10.7 Å². The number of para-hydroxylation sites is 1. The molecular weight excluding hydrogens is 251 g/mol. The number of fused-ring (bicyclic) bond motifs is 1. The molecule has 1 aromatic rings. The van der Waals surface area contributed by atoms with Crippen molar-refractivity contribution in [3.8, 4) is 0 Å². The van der Waals surface area contributed by atoms with E-state index in [1.165, 1.54) is 12.1 Å². The molecule has 1 aliphatic rings. The molecule has 0 saturated carbocycles. The molecule has 6 heteroatoms. The lowest BCUT2D eigenvalue weighted by Crippen LogP contribution is -2.41. The van der Waals surface area contributed by atoms with Crippen LogP contribution in [0.25, 0.3) is 0 Å². The third kappa shape index (κ3) is 2.13. The zero-order valence-corrected chi connectivity index (χ0v) is 10.00. The summed E-state index contributed by atoms with van der Waals surface area (Å²) in [7, 11) is 0. The number of thioether (sulfide) groups is 1. The van der Waals surface area contributed by atoms with Gasteiger partial charge in [0.05, 0.1) is 11.3 Å². The Hall–Kier alpha value is -1.17. The quantitative estimate of drug-likeness (QED) is 0.774. The summed E-state index contributed by atoms with van der Waals surface area (Å²) in [4.78, 5) is 12.0. The van der Waals surface area contributed by atoms with Gasteiger partial charge in [-0.25, -0.2) is 0 Å². The summed E-state index contributed by atoms with van der Waals surface area (Å²) in [6.45, 7) is 3.14. The van der Waals surface area contributed by atoms with Gasteiger partial charge in [-0.3, -0.25) is 4.79 Å². The van der Waals surface area contributed by atoms with E-state index >= 15 is 0 Å². The Morgan fingerprint density at radius 1 is 1.29 bits per heavy atom. The highest BCUT2D eigenvalue weighted by molar-refractivity contribution is 8.14. The fraction of sp³-hybridized carbons (Fsp3) is 0.364. The Morgan fingerprint density at radius 2 is 1.94 bits per heavy atom. The van der Waals surface area contributed by atoms with Crippen molar-refractivity contribution in [2.24, 2.45) is 0 Å². The third-order valence-corrected chi connectivity index (χ3v) is 3.74. The summed E-state index contributed by atoms with van der Waals surface area (Å²) in [5.74, 6) is 0. The third-order valence-electron chi connectivity index (χ3n) is 2.48. The average molecular weight is 261 g/mol. The van der Waals surface area contributed by atoms with Gasteiger partial charge in [0, 0.05) is 4.90 Å². The van der Waals surface area contributed by atoms with Crippen molar-refractivity contribution in [3.05, 3.63) is 23.8 Å². The average Bonchev–Trinajstić information content (AvgIpc) is 2.16. The van der Waals surface area contributed by atoms with E-state index in [0.29, 0.717) is 4.90 Å². The number of halogens is 3. The number of carbonyl (C=O) groups excluding carboxylic acids is 1. The molecule has 0 radical (unpaired) electrons. The lowest BCUT2D eigenvalue weighted by atomic mass is 10.0. The van der Waals surface area contributed by atoms with Crippen molar-refractivity contribution >= 4 is 22.6 Å². The first kappa shape index (κ1) is 12.3. The first-order valence-corrected chi connectivity index (χ1v) is 5.74. The standard InChI is InChI=1S/C11H10F3NOS/c1-10(2)9(16)17-7-5-3-4-6(8(7)15-10)11(12,13)14/h3-5,15H,1-2H3. The maximum Gasteiger partial charge on any atom is 0.418 e. The van der Waals surface area contributed by atoms with E-state index in [1.54, 1.807) is 13.8 Å². The molecule has 1 aliphatic heterocycles. The minimum Gasteiger partial charge on any atom is -0.371 e. The van der Waals surface area contributed by atoms with Crippen molar-refractivity contribution in [3.63, 3.8) is 0 Å². The predicted octanol–water partition coefficient (Wildman–Crippen LogP) is 3.53. The second-order valence-corrected chi connectivity index (χ2v) is 5.33. The molecule has 92 valence electrons. The molecule has 0 bridgehead atoms. The smallest absolute Gasteiger partial charge is 0.371 e. The van der Waals surface area contributed by atoms with Crippen LogP contribution in [0.3, 0.4) is 0 Å². The molecule has 0 amide bonds. The Balaban J connectivity index is 2.57. The van der Waals surface area contributed by atoms with Crippen molar-refractivity contribution in [1.82, 2.24) is 0 Å². The van der Waals surface area contributed by atoms with Crippen molar-refractivity contribution < 1.29 is 18.0 Å². The summed E-state index contributed by atoms with van der Waals surface area (Å²) in [6, 6.07) is 3.83. The topological polar surface area (TPSA) is 29.1 Å². The van der Waals surface area contributed by atoms with E-state index in [4.69, 9.17) is 0 Å². The van der Waals surface area contributed by atoms with Crippen LogP contribution < -0.4 is 5.32 Å². The van der Waals surface area contributed by atoms with E-state index in [-0.39, 0.29) is 10.8 Å². The van der Waals surface area contributed by atoms with E-state index in [9.17, 15) is 18.0 Å². The van der Waals surface area contributed by atoms with Gasteiger partial charge in [0.2, 0.25) is 5.12 Å². The maximum atomic E-state index is 12.8. The highest BCUT2D eigenvalue weighted by Gasteiger charge is 2.40. The number of benzene rings is 1. The van der Waals surface area contributed by atoms with E-state index in [0.717, 1.165) is 17.8 Å². The number of carbonyl (C=O) groups is 1. The van der Waals surface area contributed by atoms with Gasteiger partial charge in [-0.05, 0) is 37.7 Å². The zero-order valence-electron chi connectivity index (χ0n) is 9.18. The molecule has 1 N–H and O–H groups in total. The van der Waals surface area contributed by atoms with Crippen molar-refractivity contribution in [2.45, 2.75) is 30.5 Å². The summed E-state index contributed by atoms with van der Waals surface area (Å²) in [6.07, 6.45) is -4.42. The number of anilines is 1.